The first kappa shape index (κ1) is 22.3. The Morgan fingerprint density at radius 1 is 1.12 bits per heavy atom. The third kappa shape index (κ3) is 4.50. The molecule has 1 aliphatic heterocycles. The van der Waals surface area contributed by atoms with Crippen molar-refractivity contribution in [3.63, 3.8) is 0 Å². The lowest BCUT2D eigenvalue weighted by molar-refractivity contribution is -0.131. The largest absolute Gasteiger partial charge is 0.344 e. The molecule has 9 heteroatoms. The number of benzene rings is 1. The highest BCUT2D eigenvalue weighted by atomic mass is 35.5. The van der Waals surface area contributed by atoms with Crippen molar-refractivity contribution < 1.29 is 14.4 Å². The minimum absolute atomic E-state index is 0.0570. The summed E-state index contributed by atoms with van der Waals surface area (Å²) in [7, 11) is 1.65. The summed E-state index contributed by atoms with van der Waals surface area (Å²) in [5.74, 6) is 0.660. The van der Waals surface area contributed by atoms with Crippen LogP contribution in [0.5, 0.6) is 0 Å². The third-order valence-electron chi connectivity index (χ3n) is 6.71. The van der Waals surface area contributed by atoms with E-state index in [1.165, 1.54) is 22.7 Å². The van der Waals surface area contributed by atoms with Crippen molar-refractivity contribution in [2.75, 3.05) is 25.0 Å². The van der Waals surface area contributed by atoms with Gasteiger partial charge in [-0.25, -0.2) is 4.79 Å². The molecular formula is C23H28ClN5O3. The molecule has 8 nitrogen and oxygen atoms in total. The van der Waals surface area contributed by atoms with Gasteiger partial charge in [0.15, 0.2) is 0 Å². The molecule has 32 heavy (non-hydrogen) atoms. The number of fused-ring (bicyclic) bond motifs is 1. The zero-order valence-corrected chi connectivity index (χ0v) is 19.3. The molecule has 2 aromatic rings. The van der Waals surface area contributed by atoms with Crippen molar-refractivity contribution in [3.05, 3.63) is 47.2 Å². The number of anilines is 1. The number of carbonyl (C=O) groups excluding carboxylic acids is 3. The van der Waals surface area contributed by atoms with Crippen LogP contribution in [0.2, 0.25) is 5.02 Å². The summed E-state index contributed by atoms with van der Waals surface area (Å²) >= 11 is 6.11. The molecule has 1 aliphatic carbocycles. The van der Waals surface area contributed by atoms with Gasteiger partial charge in [0, 0.05) is 51.6 Å². The fraction of sp³-hybridized carbons (Fsp3) is 0.478. The molecule has 4 rings (SSSR count). The average Bonchev–Trinajstić information content (AvgIpc) is 3.45. The Hall–Kier alpha value is -2.87. The molecule has 0 spiro atoms. The Morgan fingerprint density at radius 2 is 1.81 bits per heavy atom. The second-order valence-electron chi connectivity index (χ2n) is 8.83. The fourth-order valence-electron chi connectivity index (χ4n) is 4.93. The average molecular weight is 458 g/mol. The molecule has 1 saturated carbocycles. The van der Waals surface area contributed by atoms with Crippen LogP contribution in [-0.2, 0) is 16.1 Å². The summed E-state index contributed by atoms with van der Waals surface area (Å²) in [6.45, 7) is 4.93. The highest BCUT2D eigenvalue weighted by Gasteiger charge is 2.45. The first-order valence-electron chi connectivity index (χ1n) is 10.8. The van der Waals surface area contributed by atoms with Crippen LogP contribution in [0.15, 0.2) is 36.7 Å². The molecule has 2 heterocycles. The highest BCUT2D eigenvalue weighted by molar-refractivity contribution is 6.30. The van der Waals surface area contributed by atoms with Gasteiger partial charge in [-0.05, 0) is 42.4 Å². The second kappa shape index (κ2) is 8.94. The van der Waals surface area contributed by atoms with Crippen LogP contribution in [-0.4, -0.2) is 63.6 Å². The molecule has 1 aromatic carbocycles. The maximum absolute atomic E-state index is 12.9. The van der Waals surface area contributed by atoms with Crippen LogP contribution >= 0.6 is 11.6 Å². The Morgan fingerprint density at radius 3 is 2.41 bits per heavy atom. The van der Waals surface area contributed by atoms with Crippen molar-refractivity contribution in [1.29, 1.82) is 0 Å². The summed E-state index contributed by atoms with van der Waals surface area (Å²) in [6, 6.07) is 7.60. The molecule has 1 aromatic heterocycles. The van der Waals surface area contributed by atoms with Gasteiger partial charge >= 0.3 is 6.03 Å². The van der Waals surface area contributed by atoms with Gasteiger partial charge in [0.25, 0.3) is 0 Å². The minimum Gasteiger partial charge on any atom is -0.336 e. The van der Waals surface area contributed by atoms with Crippen LogP contribution in [0, 0.1) is 11.8 Å². The van der Waals surface area contributed by atoms with Crippen LogP contribution in [0.4, 0.5) is 10.5 Å². The van der Waals surface area contributed by atoms with Gasteiger partial charge < -0.3 is 14.7 Å². The van der Waals surface area contributed by atoms with E-state index in [-0.39, 0.29) is 23.9 Å². The predicted octanol–water partition coefficient (Wildman–Crippen LogP) is 3.25. The molecule has 170 valence electrons. The minimum atomic E-state index is -0.179. The number of carbonyl (C=O) groups is 3. The van der Waals surface area contributed by atoms with Crippen LogP contribution in [0.25, 0.3) is 0 Å². The monoisotopic (exact) mass is 457 g/mol. The lowest BCUT2D eigenvalue weighted by atomic mass is 10.0. The van der Waals surface area contributed by atoms with Crippen LogP contribution in [0.1, 0.15) is 32.3 Å². The van der Waals surface area contributed by atoms with Crippen molar-refractivity contribution in [2.45, 2.75) is 39.3 Å². The molecule has 2 fully saturated rings. The van der Waals surface area contributed by atoms with E-state index >= 15 is 0 Å². The van der Waals surface area contributed by atoms with Gasteiger partial charge in [-0.15, -0.1) is 0 Å². The van der Waals surface area contributed by atoms with Gasteiger partial charge in [-0.1, -0.05) is 23.7 Å². The van der Waals surface area contributed by atoms with E-state index in [4.69, 9.17) is 11.6 Å². The van der Waals surface area contributed by atoms with E-state index in [0.29, 0.717) is 42.2 Å². The first-order valence-corrected chi connectivity index (χ1v) is 11.2. The summed E-state index contributed by atoms with van der Waals surface area (Å²) in [6.07, 6.45) is 4.87. The summed E-state index contributed by atoms with van der Waals surface area (Å²) in [5, 5.41) is 4.81. The number of rotatable bonds is 4. The predicted molar refractivity (Wildman–Crippen MR) is 121 cm³/mol. The molecule has 0 N–H and O–H groups in total. The van der Waals surface area contributed by atoms with E-state index in [1.54, 1.807) is 20.2 Å². The molecule has 0 radical (unpaired) electrons. The number of hydrogen-bond acceptors (Lipinski definition) is 4. The Balaban J connectivity index is 1.38. The fourth-order valence-corrected chi connectivity index (χ4v) is 5.14. The maximum atomic E-state index is 12.9. The maximum Gasteiger partial charge on any atom is 0.344 e. The first-order chi connectivity index (χ1) is 15.2. The van der Waals surface area contributed by atoms with E-state index < -0.39 is 0 Å². The van der Waals surface area contributed by atoms with Crippen molar-refractivity contribution in [3.8, 4) is 0 Å². The number of amides is 3. The van der Waals surface area contributed by atoms with Gasteiger partial charge in [-0.3, -0.25) is 9.59 Å². The summed E-state index contributed by atoms with van der Waals surface area (Å²) in [5.41, 5.74) is 1.61. The highest BCUT2D eigenvalue weighted by Crippen LogP contribution is 2.41. The third-order valence-corrected chi connectivity index (χ3v) is 6.94. The summed E-state index contributed by atoms with van der Waals surface area (Å²) in [4.78, 5) is 42.1. The van der Waals surface area contributed by atoms with E-state index in [1.807, 2.05) is 34.1 Å². The van der Waals surface area contributed by atoms with Crippen molar-refractivity contribution in [2.24, 2.45) is 11.8 Å². The van der Waals surface area contributed by atoms with E-state index in [0.717, 1.165) is 18.4 Å². The van der Waals surface area contributed by atoms with Gasteiger partial charge in [0.2, 0.25) is 11.8 Å². The number of hydrogen-bond donors (Lipinski definition) is 0. The zero-order valence-electron chi connectivity index (χ0n) is 18.6. The molecule has 3 atom stereocenters. The number of aromatic nitrogens is 2. The van der Waals surface area contributed by atoms with E-state index in [2.05, 4.69) is 5.10 Å². The Labute approximate surface area is 192 Å². The second-order valence-corrected chi connectivity index (χ2v) is 9.27. The molecule has 3 amide bonds. The molecule has 2 aliphatic rings. The number of halogens is 1. The standard InChI is InChI=1S/C23H28ClN5O3/c1-15(30)26(3)22-10-25-29(14-22)23(32)27-12-18-8-21(9-19(18)13-27)28(16(2)31)11-17-5-4-6-20(24)7-17/h4-7,10,14,18-19,21H,8-9,11-13H2,1-3H3/t18-,19+,21-. The van der Waals surface area contributed by atoms with E-state index in [9.17, 15) is 14.4 Å². The van der Waals surface area contributed by atoms with Gasteiger partial charge in [0.1, 0.15) is 0 Å². The summed E-state index contributed by atoms with van der Waals surface area (Å²) < 4.78 is 1.30. The number of likely N-dealkylation sites (tertiary alicyclic amines) is 1. The van der Waals surface area contributed by atoms with Crippen molar-refractivity contribution >= 4 is 35.1 Å². The smallest absolute Gasteiger partial charge is 0.336 e. The zero-order chi connectivity index (χ0) is 23.0. The SMILES string of the molecule is CC(=O)N(C)c1cnn(C(=O)N2C[C@H]3C[C@@H](N(Cc4cccc(Cl)c4)C(C)=O)C[C@H]3C2)c1. The van der Waals surface area contributed by atoms with Gasteiger partial charge in [-0.2, -0.15) is 9.78 Å². The lowest BCUT2D eigenvalue weighted by Gasteiger charge is -2.29. The molecular weight excluding hydrogens is 430 g/mol. The van der Waals surface area contributed by atoms with Crippen LogP contribution in [0.3, 0.4) is 0 Å². The lowest BCUT2D eigenvalue weighted by Crippen LogP contribution is -2.39. The quantitative estimate of drug-likeness (QED) is 0.706. The number of nitrogens with zero attached hydrogens (tertiary/aromatic N) is 5. The van der Waals surface area contributed by atoms with Crippen molar-refractivity contribution in [1.82, 2.24) is 19.6 Å². The normalized spacial score (nSPS) is 22.0. The van der Waals surface area contributed by atoms with Gasteiger partial charge in [0.05, 0.1) is 18.1 Å². The molecule has 0 bridgehead atoms. The molecule has 1 saturated heterocycles. The Bertz CT molecular complexity index is 1020. The molecule has 0 unspecified atom stereocenters. The Kier molecular flexibility index (Phi) is 6.24. The van der Waals surface area contributed by atoms with Crippen LogP contribution < -0.4 is 4.90 Å². The topological polar surface area (TPSA) is 78.8 Å².